The van der Waals surface area contributed by atoms with Crippen molar-refractivity contribution in [2.24, 2.45) is 5.92 Å². The number of aliphatic hydroxyl groups excluding tert-OH is 1. The highest BCUT2D eigenvalue weighted by atomic mass is 16.3. The monoisotopic (exact) mass is 199 g/mol. The van der Waals surface area contributed by atoms with Crippen LogP contribution in [0.1, 0.15) is 46.5 Å². The molecule has 1 aliphatic heterocycles. The molecule has 0 radical (unpaired) electrons. The molecule has 1 heterocycles. The molecule has 0 spiro atoms. The van der Waals surface area contributed by atoms with Crippen LogP contribution in [0.2, 0.25) is 0 Å². The van der Waals surface area contributed by atoms with E-state index in [1.165, 1.54) is 19.5 Å². The summed E-state index contributed by atoms with van der Waals surface area (Å²) in [6.45, 7) is 8.99. The van der Waals surface area contributed by atoms with Crippen molar-refractivity contribution in [1.82, 2.24) is 4.90 Å². The Morgan fingerprint density at radius 3 is 2.57 bits per heavy atom. The van der Waals surface area contributed by atoms with Gasteiger partial charge in [0.1, 0.15) is 0 Å². The van der Waals surface area contributed by atoms with Crippen LogP contribution in [0.15, 0.2) is 0 Å². The summed E-state index contributed by atoms with van der Waals surface area (Å²) in [5.41, 5.74) is 0. The molecule has 0 aromatic rings. The van der Waals surface area contributed by atoms with Gasteiger partial charge in [0, 0.05) is 12.6 Å². The first-order valence-corrected chi connectivity index (χ1v) is 6.11. The predicted octanol–water partition coefficient (Wildman–Crippen LogP) is 2.27. The van der Waals surface area contributed by atoms with Gasteiger partial charge in [0.2, 0.25) is 0 Å². The first-order valence-electron chi connectivity index (χ1n) is 6.11. The summed E-state index contributed by atoms with van der Waals surface area (Å²) < 4.78 is 0. The first kappa shape index (κ1) is 12.0. The molecule has 84 valence electrons. The Hall–Kier alpha value is -0.0800. The van der Waals surface area contributed by atoms with Gasteiger partial charge in [0.25, 0.3) is 0 Å². The van der Waals surface area contributed by atoms with Crippen molar-refractivity contribution in [3.63, 3.8) is 0 Å². The molecule has 1 saturated heterocycles. The third-order valence-corrected chi connectivity index (χ3v) is 3.37. The van der Waals surface area contributed by atoms with Crippen LogP contribution >= 0.6 is 0 Å². The topological polar surface area (TPSA) is 23.5 Å². The summed E-state index contributed by atoms with van der Waals surface area (Å²) >= 11 is 0. The van der Waals surface area contributed by atoms with E-state index in [0.29, 0.717) is 6.04 Å². The molecule has 3 atom stereocenters. The maximum absolute atomic E-state index is 10.0. The minimum absolute atomic E-state index is 0.115. The van der Waals surface area contributed by atoms with Gasteiger partial charge in [0.05, 0.1) is 6.10 Å². The van der Waals surface area contributed by atoms with E-state index in [-0.39, 0.29) is 6.10 Å². The van der Waals surface area contributed by atoms with Gasteiger partial charge >= 0.3 is 0 Å². The molecule has 0 aromatic heterocycles. The quantitative estimate of drug-likeness (QED) is 0.734. The molecule has 3 unspecified atom stereocenters. The van der Waals surface area contributed by atoms with E-state index < -0.39 is 0 Å². The Kier molecular flexibility index (Phi) is 4.90. The Labute approximate surface area is 88.3 Å². The van der Waals surface area contributed by atoms with E-state index in [4.69, 9.17) is 0 Å². The lowest BCUT2D eigenvalue weighted by Crippen LogP contribution is -2.41. The van der Waals surface area contributed by atoms with Crippen molar-refractivity contribution in [3.8, 4) is 0 Å². The van der Waals surface area contributed by atoms with Crippen LogP contribution < -0.4 is 0 Å². The maximum Gasteiger partial charge on any atom is 0.0695 e. The van der Waals surface area contributed by atoms with E-state index in [1.807, 2.05) is 0 Å². The molecule has 2 nitrogen and oxygen atoms in total. The molecular formula is C12H25NO. The summed E-state index contributed by atoms with van der Waals surface area (Å²) in [7, 11) is 0. The van der Waals surface area contributed by atoms with Gasteiger partial charge < -0.3 is 5.11 Å². The molecule has 0 aromatic carbocycles. The molecule has 14 heavy (non-hydrogen) atoms. The van der Waals surface area contributed by atoms with Gasteiger partial charge in [-0.1, -0.05) is 27.2 Å². The zero-order valence-electron chi connectivity index (χ0n) is 9.87. The van der Waals surface area contributed by atoms with Crippen LogP contribution in [-0.2, 0) is 0 Å². The van der Waals surface area contributed by atoms with Crippen molar-refractivity contribution in [3.05, 3.63) is 0 Å². The Balaban J connectivity index is 2.44. The second kappa shape index (κ2) is 5.72. The number of nitrogens with zero attached hydrogens (tertiary/aromatic N) is 1. The van der Waals surface area contributed by atoms with Gasteiger partial charge in [-0.05, 0) is 31.7 Å². The van der Waals surface area contributed by atoms with Gasteiger partial charge in [-0.15, -0.1) is 0 Å². The van der Waals surface area contributed by atoms with Crippen LogP contribution in [0.5, 0.6) is 0 Å². The molecule has 0 amide bonds. The summed E-state index contributed by atoms with van der Waals surface area (Å²) in [4.78, 5) is 2.48. The minimum atomic E-state index is -0.115. The highest BCUT2D eigenvalue weighted by Gasteiger charge is 2.28. The standard InChI is InChI=1S/C12H25NO/c1-4-6-12(14)11(5-2)13-8-7-10(3)9-13/h10-12,14H,4-9H2,1-3H3. The number of hydrogen-bond acceptors (Lipinski definition) is 2. The third-order valence-electron chi connectivity index (χ3n) is 3.37. The normalized spacial score (nSPS) is 27.9. The zero-order chi connectivity index (χ0) is 10.6. The molecule has 1 N–H and O–H groups in total. The van der Waals surface area contributed by atoms with Crippen LogP contribution in [-0.4, -0.2) is 35.2 Å². The average molecular weight is 199 g/mol. The molecule has 0 bridgehead atoms. The van der Waals surface area contributed by atoms with E-state index in [9.17, 15) is 5.11 Å². The number of likely N-dealkylation sites (tertiary alicyclic amines) is 1. The second-order valence-corrected chi connectivity index (χ2v) is 4.72. The smallest absolute Gasteiger partial charge is 0.0695 e. The van der Waals surface area contributed by atoms with Gasteiger partial charge in [-0.3, -0.25) is 4.90 Å². The summed E-state index contributed by atoms with van der Waals surface area (Å²) in [6, 6.07) is 0.403. The molecular weight excluding hydrogens is 174 g/mol. The van der Waals surface area contributed by atoms with E-state index in [2.05, 4.69) is 25.7 Å². The Morgan fingerprint density at radius 2 is 2.14 bits per heavy atom. The fourth-order valence-electron chi connectivity index (χ4n) is 2.53. The summed E-state index contributed by atoms with van der Waals surface area (Å²) in [5, 5.41) is 10.0. The van der Waals surface area contributed by atoms with Gasteiger partial charge in [-0.2, -0.15) is 0 Å². The Bertz CT molecular complexity index is 160. The number of hydrogen-bond donors (Lipinski definition) is 1. The van der Waals surface area contributed by atoms with Gasteiger partial charge in [0.15, 0.2) is 0 Å². The van der Waals surface area contributed by atoms with E-state index >= 15 is 0 Å². The molecule has 0 saturated carbocycles. The lowest BCUT2D eigenvalue weighted by Gasteiger charge is -2.30. The largest absolute Gasteiger partial charge is 0.391 e. The summed E-state index contributed by atoms with van der Waals surface area (Å²) in [5.74, 6) is 0.817. The van der Waals surface area contributed by atoms with Gasteiger partial charge in [-0.25, -0.2) is 0 Å². The maximum atomic E-state index is 10.0. The summed E-state index contributed by atoms with van der Waals surface area (Å²) in [6.07, 6.45) is 4.29. The number of aliphatic hydroxyl groups is 1. The van der Waals surface area contributed by atoms with Crippen LogP contribution in [0.4, 0.5) is 0 Å². The van der Waals surface area contributed by atoms with Crippen molar-refractivity contribution in [2.75, 3.05) is 13.1 Å². The van der Waals surface area contributed by atoms with Crippen molar-refractivity contribution < 1.29 is 5.11 Å². The number of rotatable bonds is 5. The molecule has 1 fully saturated rings. The van der Waals surface area contributed by atoms with Crippen LogP contribution in [0.3, 0.4) is 0 Å². The lowest BCUT2D eigenvalue weighted by atomic mass is 10.0. The zero-order valence-corrected chi connectivity index (χ0v) is 9.87. The third kappa shape index (κ3) is 2.96. The molecule has 1 aliphatic rings. The second-order valence-electron chi connectivity index (χ2n) is 4.72. The SMILES string of the molecule is CCCC(O)C(CC)N1CCC(C)C1. The van der Waals surface area contributed by atoms with E-state index in [1.54, 1.807) is 0 Å². The van der Waals surface area contributed by atoms with Crippen LogP contribution in [0, 0.1) is 5.92 Å². The first-order chi connectivity index (χ1) is 6.69. The lowest BCUT2D eigenvalue weighted by molar-refractivity contribution is 0.0515. The minimum Gasteiger partial charge on any atom is -0.391 e. The Morgan fingerprint density at radius 1 is 1.43 bits per heavy atom. The highest BCUT2D eigenvalue weighted by Crippen LogP contribution is 2.22. The highest BCUT2D eigenvalue weighted by molar-refractivity contribution is 4.83. The van der Waals surface area contributed by atoms with Crippen molar-refractivity contribution >= 4 is 0 Å². The average Bonchev–Trinajstić information content (AvgIpc) is 2.54. The van der Waals surface area contributed by atoms with Crippen LogP contribution in [0.25, 0.3) is 0 Å². The predicted molar refractivity (Wildman–Crippen MR) is 60.3 cm³/mol. The molecule has 1 rings (SSSR count). The van der Waals surface area contributed by atoms with E-state index in [0.717, 1.165) is 25.2 Å². The fraction of sp³-hybridized carbons (Fsp3) is 1.00. The van der Waals surface area contributed by atoms with Crippen molar-refractivity contribution in [2.45, 2.75) is 58.6 Å². The van der Waals surface area contributed by atoms with Crippen molar-refractivity contribution in [1.29, 1.82) is 0 Å². The molecule has 0 aliphatic carbocycles. The molecule has 2 heteroatoms. The fourth-order valence-corrected chi connectivity index (χ4v) is 2.53.